The molecule has 0 amide bonds. The Labute approximate surface area is 207 Å². The highest BCUT2D eigenvalue weighted by molar-refractivity contribution is 7.92. The lowest BCUT2D eigenvalue weighted by Gasteiger charge is -2.28. The van der Waals surface area contributed by atoms with E-state index in [0.717, 1.165) is 60.0 Å². The van der Waals surface area contributed by atoms with E-state index in [1.54, 1.807) is 6.07 Å². The highest BCUT2D eigenvalue weighted by atomic mass is 32.2. The SMILES string of the molecule is COc1ccc(-c2sc(NC(C)C3CCOCC3)nc2C)cc1S(=O)(=O)Nc1c(F)cccc1F. The molecule has 2 N–H and O–H groups in total. The lowest BCUT2D eigenvalue weighted by atomic mass is 9.93. The third-order valence-electron chi connectivity index (χ3n) is 6.04. The molecule has 0 spiro atoms. The maximum absolute atomic E-state index is 14.1. The van der Waals surface area contributed by atoms with Crippen LogP contribution in [0.4, 0.5) is 19.6 Å². The average molecular weight is 524 g/mol. The zero-order chi connectivity index (χ0) is 25.2. The Bertz CT molecular complexity index is 1290. The number of aryl methyl sites for hydroxylation is 1. The van der Waals surface area contributed by atoms with Crippen molar-refractivity contribution in [2.75, 3.05) is 30.4 Å². The predicted molar refractivity (Wildman–Crippen MR) is 133 cm³/mol. The van der Waals surface area contributed by atoms with Crippen molar-refractivity contribution in [2.24, 2.45) is 5.92 Å². The van der Waals surface area contributed by atoms with E-state index in [4.69, 9.17) is 9.47 Å². The van der Waals surface area contributed by atoms with E-state index in [0.29, 0.717) is 11.5 Å². The first kappa shape index (κ1) is 25.3. The normalized spacial score (nSPS) is 15.6. The summed E-state index contributed by atoms with van der Waals surface area (Å²) in [7, 11) is -3.04. The van der Waals surface area contributed by atoms with Gasteiger partial charge in [-0.3, -0.25) is 4.72 Å². The van der Waals surface area contributed by atoms with Crippen LogP contribution in [-0.4, -0.2) is 39.8 Å². The largest absolute Gasteiger partial charge is 0.495 e. The first-order chi connectivity index (χ1) is 16.7. The van der Waals surface area contributed by atoms with E-state index >= 15 is 0 Å². The summed E-state index contributed by atoms with van der Waals surface area (Å²) >= 11 is 1.42. The molecule has 2 heterocycles. The molecular weight excluding hydrogens is 496 g/mol. The van der Waals surface area contributed by atoms with Crippen LogP contribution in [-0.2, 0) is 14.8 Å². The van der Waals surface area contributed by atoms with Crippen LogP contribution >= 0.6 is 11.3 Å². The van der Waals surface area contributed by atoms with Gasteiger partial charge in [-0.2, -0.15) is 0 Å². The number of hydrogen-bond acceptors (Lipinski definition) is 7. The lowest BCUT2D eigenvalue weighted by molar-refractivity contribution is 0.0622. The van der Waals surface area contributed by atoms with Gasteiger partial charge in [-0.15, -0.1) is 0 Å². The smallest absolute Gasteiger partial charge is 0.265 e. The van der Waals surface area contributed by atoms with E-state index in [1.807, 2.05) is 11.6 Å². The number of anilines is 2. The summed E-state index contributed by atoms with van der Waals surface area (Å²) in [4.78, 5) is 5.17. The maximum Gasteiger partial charge on any atom is 0.265 e. The number of benzene rings is 2. The molecule has 2 aromatic carbocycles. The van der Waals surface area contributed by atoms with Gasteiger partial charge in [0.1, 0.15) is 28.0 Å². The molecule has 188 valence electrons. The fraction of sp³-hybridized carbons (Fsp3) is 0.375. The summed E-state index contributed by atoms with van der Waals surface area (Å²) in [6.45, 7) is 5.49. The van der Waals surface area contributed by atoms with Gasteiger partial charge in [-0.25, -0.2) is 22.2 Å². The van der Waals surface area contributed by atoms with E-state index < -0.39 is 27.3 Å². The van der Waals surface area contributed by atoms with Crippen molar-refractivity contribution in [2.45, 2.75) is 37.6 Å². The molecule has 4 rings (SSSR count). The molecule has 0 radical (unpaired) electrons. The Hall–Kier alpha value is -2.76. The van der Waals surface area contributed by atoms with Gasteiger partial charge < -0.3 is 14.8 Å². The van der Waals surface area contributed by atoms with E-state index in [2.05, 4.69) is 17.2 Å². The molecular formula is C24H27F2N3O4S2. The standard InChI is InChI=1S/C24H27F2N3O4S2/c1-14(16-9-11-33-12-10-16)27-24-28-15(2)23(34-24)17-7-8-20(32-3)21(13-17)35(30,31)29-22-18(25)5-4-6-19(22)26/h4-8,13-14,16,29H,9-12H2,1-3H3,(H,27,28). The molecule has 0 bridgehead atoms. The van der Waals surface area contributed by atoms with E-state index in [-0.39, 0.29) is 16.7 Å². The van der Waals surface area contributed by atoms with Crippen molar-refractivity contribution in [3.8, 4) is 16.2 Å². The topological polar surface area (TPSA) is 89.5 Å². The average Bonchev–Trinajstić information content (AvgIpc) is 3.21. The van der Waals surface area contributed by atoms with Gasteiger partial charge in [-0.1, -0.05) is 17.4 Å². The van der Waals surface area contributed by atoms with E-state index in [9.17, 15) is 17.2 Å². The van der Waals surface area contributed by atoms with Crippen LogP contribution in [0.5, 0.6) is 5.75 Å². The highest BCUT2D eigenvalue weighted by Crippen LogP contribution is 2.38. The highest BCUT2D eigenvalue weighted by Gasteiger charge is 2.25. The van der Waals surface area contributed by atoms with Crippen LogP contribution in [0, 0.1) is 24.5 Å². The number of halogens is 2. The van der Waals surface area contributed by atoms with Crippen molar-refractivity contribution < 1.29 is 26.7 Å². The molecule has 1 atom stereocenters. The van der Waals surface area contributed by atoms with Gasteiger partial charge in [0.15, 0.2) is 5.13 Å². The number of thiazole rings is 1. The Morgan fingerprint density at radius 3 is 2.51 bits per heavy atom. The summed E-state index contributed by atoms with van der Waals surface area (Å²) in [6, 6.07) is 7.99. The zero-order valence-corrected chi connectivity index (χ0v) is 21.2. The number of para-hydroxylation sites is 1. The summed E-state index contributed by atoms with van der Waals surface area (Å²) in [6.07, 6.45) is 1.97. The zero-order valence-electron chi connectivity index (χ0n) is 19.6. The molecule has 7 nitrogen and oxygen atoms in total. The monoisotopic (exact) mass is 523 g/mol. The van der Waals surface area contributed by atoms with Crippen molar-refractivity contribution >= 4 is 32.2 Å². The second-order valence-electron chi connectivity index (χ2n) is 8.38. The minimum Gasteiger partial charge on any atom is -0.495 e. The number of ether oxygens (including phenoxy) is 2. The second kappa shape index (κ2) is 10.5. The number of sulfonamides is 1. The number of rotatable bonds is 8. The molecule has 1 fully saturated rings. The number of nitrogens with zero attached hydrogens (tertiary/aromatic N) is 1. The number of nitrogens with one attached hydrogen (secondary N) is 2. The van der Waals surface area contributed by atoms with Gasteiger partial charge in [-0.05, 0) is 68.5 Å². The molecule has 1 unspecified atom stereocenters. The quantitative estimate of drug-likeness (QED) is 0.409. The van der Waals surface area contributed by atoms with Crippen LogP contribution < -0.4 is 14.8 Å². The molecule has 1 aromatic heterocycles. The molecule has 0 aliphatic carbocycles. The third-order valence-corrected chi connectivity index (χ3v) is 8.54. The van der Waals surface area contributed by atoms with Crippen LogP contribution in [0.3, 0.4) is 0 Å². The number of methoxy groups -OCH3 is 1. The molecule has 35 heavy (non-hydrogen) atoms. The first-order valence-corrected chi connectivity index (χ1v) is 13.5. The van der Waals surface area contributed by atoms with Crippen LogP contribution in [0.15, 0.2) is 41.3 Å². The Morgan fingerprint density at radius 2 is 1.86 bits per heavy atom. The van der Waals surface area contributed by atoms with Crippen molar-refractivity contribution in [3.05, 3.63) is 53.7 Å². The van der Waals surface area contributed by atoms with Crippen molar-refractivity contribution in [1.82, 2.24) is 4.98 Å². The molecule has 11 heteroatoms. The lowest BCUT2D eigenvalue weighted by Crippen LogP contribution is -2.30. The first-order valence-electron chi connectivity index (χ1n) is 11.2. The van der Waals surface area contributed by atoms with Gasteiger partial charge in [0.2, 0.25) is 0 Å². The van der Waals surface area contributed by atoms with Crippen molar-refractivity contribution in [1.29, 1.82) is 0 Å². The fourth-order valence-corrected chi connectivity index (χ4v) is 6.40. The summed E-state index contributed by atoms with van der Waals surface area (Å²) in [5.41, 5.74) is 0.586. The van der Waals surface area contributed by atoms with Crippen LogP contribution in [0.1, 0.15) is 25.5 Å². The molecule has 1 saturated heterocycles. The Morgan fingerprint density at radius 1 is 1.17 bits per heavy atom. The molecule has 3 aromatic rings. The summed E-state index contributed by atoms with van der Waals surface area (Å²) < 4.78 is 67.1. The second-order valence-corrected chi connectivity index (χ2v) is 11.0. The molecule has 0 saturated carbocycles. The summed E-state index contributed by atoms with van der Waals surface area (Å²) in [5.74, 6) is -1.50. The number of hydrogen-bond donors (Lipinski definition) is 2. The van der Waals surface area contributed by atoms with Gasteiger partial charge in [0.25, 0.3) is 10.0 Å². The van der Waals surface area contributed by atoms with Crippen LogP contribution in [0.2, 0.25) is 0 Å². The predicted octanol–water partition coefficient (Wildman–Crippen LogP) is 5.43. The third kappa shape index (κ3) is 5.57. The van der Waals surface area contributed by atoms with Crippen LogP contribution in [0.25, 0.3) is 10.4 Å². The van der Waals surface area contributed by atoms with Gasteiger partial charge in [0.05, 0.1) is 17.7 Å². The molecule has 1 aliphatic heterocycles. The maximum atomic E-state index is 14.1. The Balaban J connectivity index is 1.64. The minimum absolute atomic E-state index is 0.0478. The van der Waals surface area contributed by atoms with Crippen molar-refractivity contribution in [3.63, 3.8) is 0 Å². The Kier molecular flexibility index (Phi) is 7.58. The number of aromatic nitrogens is 1. The summed E-state index contributed by atoms with van der Waals surface area (Å²) in [5, 5.41) is 4.21. The van der Waals surface area contributed by atoms with E-state index in [1.165, 1.54) is 30.6 Å². The minimum atomic E-state index is -4.37. The fourth-order valence-electron chi connectivity index (χ4n) is 4.07. The van der Waals surface area contributed by atoms with Gasteiger partial charge >= 0.3 is 0 Å². The molecule has 1 aliphatic rings. The van der Waals surface area contributed by atoms with Gasteiger partial charge in [0, 0.05) is 19.3 Å².